The second kappa shape index (κ2) is 6.02. The van der Waals surface area contributed by atoms with Crippen molar-refractivity contribution in [2.45, 2.75) is 11.8 Å². The Bertz CT molecular complexity index is 799. The maximum atomic E-state index is 12.1. The number of hydrogen-bond acceptors (Lipinski definition) is 6. The maximum Gasteiger partial charge on any atom is 0.339 e. The van der Waals surface area contributed by atoms with Crippen LogP contribution in [0.1, 0.15) is 5.56 Å². The van der Waals surface area contributed by atoms with E-state index in [0.29, 0.717) is 0 Å². The van der Waals surface area contributed by atoms with Crippen molar-refractivity contribution in [3.8, 4) is 11.5 Å². The van der Waals surface area contributed by atoms with E-state index in [-0.39, 0.29) is 22.1 Å². The minimum absolute atomic E-state index is 0.0186. The first-order valence-electron chi connectivity index (χ1n) is 6.17. The molecule has 0 aliphatic carbocycles. The van der Waals surface area contributed by atoms with Crippen molar-refractivity contribution in [2.24, 2.45) is 0 Å². The van der Waals surface area contributed by atoms with Gasteiger partial charge in [-0.2, -0.15) is 8.42 Å². The van der Waals surface area contributed by atoms with E-state index in [9.17, 15) is 18.5 Å². The van der Waals surface area contributed by atoms with Crippen LogP contribution >= 0.6 is 0 Å². The van der Waals surface area contributed by atoms with Crippen molar-refractivity contribution in [3.05, 3.63) is 58.1 Å². The number of benzene rings is 2. The van der Waals surface area contributed by atoms with Crippen LogP contribution < -0.4 is 8.92 Å². The number of aryl methyl sites for hydroxylation is 1. The highest BCUT2D eigenvalue weighted by atomic mass is 32.2. The highest BCUT2D eigenvalue weighted by molar-refractivity contribution is 7.87. The molecule has 0 radical (unpaired) electrons. The SMILES string of the molecule is COc1ccc(OS(=O)(=O)c2ccc(C)cc2)cc1[N+](=O)[O-]. The molecule has 0 spiro atoms. The molecule has 2 rings (SSSR count). The number of ether oxygens (including phenoxy) is 1. The van der Waals surface area contributed by atoms with Gasteiger partial charge in [-0.3, -0.25) is 10.1 Å². The summed E-state index contributed by atoms with van der Waals surface area (Å²) in [5.41, 5.74) is 0.526. The molecule has 2 aromatic rings. The molecule has 0 aliphatic heterocycles. The quantitative estimate of drug-likeness (QED) is 0.477. The molecule has 0 atom stereocenters. The molecule has 2 aromatic carbocycles. The Labute approximate surface area is 127 Å². The normalized spacial score (nSPS) is 11.0. The molecule has 0 aromatic heterocycles. The van der Waals surface area contributed by atoms with Gasteiger partial charge in [-0.05, 0) is 31.2 Å². The molecule has 0 N–H and O–H groups in total. The van der Waals surface area contributed by atoms with E-state index in [1.54, 1.807) is 12.1 Å². The topological polar surface area (TPSA) is 95.7 Å². The van der Waals surface area contributed by atoms with Crippen molar-refractivity contribution in [3.63, 3.8) is 0 Å². The third kappa shape index (κ3) is 3.34. The van der Waals surface area contributed by atoms with Crippen LogP contribution in [0.4, 0.5) is 5.69 Å². The van der Waals surface area contributed by atoms with Gasteiger partial charge in [0, 0.05) is 0 Å². The fourth-order valence-electron chi connectivity index (χ4n) is 1.74. The number of hydrogen-bond donors (Lipinski definition) is 0. The average Bonchev–Trinajstić information content (AvgIpc) is 2.47. The van der Waals surface area contributed by atoms with Gasteiger partial charge in [0.15, 0.2) is 5.75 Å². The summed E-state index contributed by atoms with van der Waals surface area (Å²) in [6, 6.07) is 9.64. The van der Waals surface area contributed by atoms with Crippen LogP contribution in [0.25, 0.3) is 0 Å². The van der Waals surface area contributed by atoms with Gasteiger partial charge in [-0.25, -0.2) is 0 Å². The van der Waals surface area contributed by atoms with E-state index < -0.39 is 15.0 Å². The van der Waals surface area contributed by atoms with Crippen molar-refractivity contribution in [1.29, 1.82) is 0 Å². The molecule has 0 bridgehead atoms. The standard InChI is InChI=1S/C14H13NO6S/c1-10-3-6-12(7-4-10)22(18,19)21-11-5-8-14(20-2)13(9-11)15(16)17/h3-9H,1-2H3. The fraction of sp³-hybridized carbons (Fsp3) is 0.143. The summed E-state index contributed by atoms with van der Waals surface area (Å²) >= 11 is 0. The van der Waals surface area contributed by atoms with E-state index in [2.05, 4.69) is 0 Å². The van der Waals surface area contributed by atoms with Crippen LogP contribution in [-0.2, 0) is 10.1 Å². The molecule has 0 unspecified atom stereocenters. The summed E-state index contributed by atoms with van der Waals surface area (Å²) in [4.78, 5) is 10.2. The van der Waals surface area contributed by atoms with Crippen LogP contribution in [-0.4, -0.2) is 20.5 Å². The van der Waals surface area contributed by atoms with E-state index in [4.69, 9.17) is 8.92 Å². The Morgan fingerprint density at radius 3 is 2.27 bits per heavy atom. The highest BCUT2D eigenvalue weighted by Crippen LogP contribution is 2.32. The first-order chi connectivity index (χ1) is 10.3. The minimum atomic E-state index is -4.06. The Balaban J connectivity index is 2.35. The van der Waals surface area contributed by atoms with Gasteiger partial charge >= 0.3 is 15.8 Å². The van der Waals surface area contributed by atoms with Gasteiger partial charge < -0.3 is 8.92 Å². The van der Waals surface area contributed by atoms with Gasteiger partial charge in [-0.15, -0.1) is 0 Å². The zero-order valence-corrected chi connectivity index (χ0v) is 12.7. The van der Waals surface area contributed by atoms with E-state index >= 15 is 0 Å². The van der Waals surface area contributed by atoms with Crippen molar-refractivity contribution >= 4 is 15.8 Å². The van der Waals surface area contributed by atoms with Gasteiger partial charge in [0.2, 0.25) is 0 Å². The Morgan fingerprint density at radius 1 is 1.09 bits per heavy atom. The molecule has 8 heteroatoms. The summed E-state index contributed by atoms with van der Waals surface area (Å²) in [5.74, 6) is -0.141. The Hall–Kier alpha value is -2.61. The molecule has 0 heterocycles. The largest absolute Gasteiger partial charge is 0.490 e. The van der Waals surface area contributed by atoms with Gasteiger partial charge in [0.25, 0.3) is 0 Å². The molecule has 0 saturated heterocycles. The summed E-state index contributed by atoms with van der Waals surface area (Å²) < 4.78 is 34.0. The summed E-state index contributed by atoms with van der Waals surface area (Å²) in [7, 11) is -2.77. The second-order valence-electron chi connectivity index (χ2n) is 4.44. The second-order valence-corrected chi connectivity index (χ2v) is 5.99. The minimum Gasteiger partial charge on any atom is -0.490 e. The first kappa shape index (κ1) is 15.8. The lowest BCUT2D eigenvalue weighted by Crippen LogP contribution is -2.10. The summed E-state index contributed by atoms with van der Waals surface area (Å²) in [5, 5.41) is 10.9. The number of methoxy groups -OCH3 is 1. The third-order valence-electron chi connectivity index (χ3n) is 2.86. The Morgan fingerprint density at radius 2 is 1.73 bits per heavy atom. The molecule has 7 nitrogen and oxygen atoms in total. The van der Waals surface area contributed by atoms with Gasteiger partial charge in [-0.1, -0.05) is 17.7 Å². The van der Waals surface area contributed by atoms with Crippen molar-refractivity contribution in [1.82, 2.24) is 0 Å². The predicted octanol–water partition coefficient (Wildman–Crippen LogP) is 2.68. The molecule has 0 saturated carbocycles. The molecule has 116 valence electrons. The number of nitro benzene ring substituents is 1. The lowest BCUT2D eigenvalue weighted by atomic mass is 10.2. The molecular formula is C14H13NO6S. The first-order valence-corrected chi connectivity index (χ1v) is 7.58. The summed E-state index contributed by atoms with van der Waals surface area (Å²) in [6.07, 6.45) is 0. The van der Waals surface area contributed by atoms with Gasteiger partial charge in [0.1, 0.15) is 10.6 Å². The zero-order valence-electron chi connectivity index (χ0n) is 11.8. The Kier molecular flexibility index (Phi) is 4.32. The monoisotopic (exact) mass is 323 g/mol. The van der Waals surface area contributed by atoms with E-state index in [1.807, 2.05) is 6.92 Å². The van der Waals surface area contributed by atoms with Crippen LogP contribution in [0.2, 0.25) is 0 Å². The van der Waals surface area contributed by atoms with Gasteiger partial charge in [0.05, 0.1) is 18.1 Å². The molecule has 0 amide bonds. The van der Waals surface area contributed by atoms with Crippen LogP contribution in [0, 0.1) is 17.0 Å². The van der Waals surface area contributed by atoms with Crippen molar-refractivity contribution < 1.29 is 22.3 Å². The lowest BCUT2D eigenvalue weighted by molar-refractivity contribution is -0.385. The molecule has 0 aliphatic rings. The third-order valence-corrected chi connectivity index (χ3v) is 4.12. The lowest BCUT2D eigenvalue weighted by Gasteiger charge is -2.08. The average molecular weight is 323 g/mol. The zero-order chi connectivity index (χ0) is 16.3. The highest BCUT2D eigenvalue weighted by Gasteiger charge is 2.21. The van der Waals surface area contributed by atoms with Crippen LogP contribution in [0.3, 0.4) is 0 Å². The van der Waals surface area contributed by atoms with E-state index in [1.165, 1.54) is 31.4 Å². The van der Waals surface area contributed by atoms with E-state index in [0.717, 1.165) is 11.6 Å². The smallest absolute Gasteiger partial charge is 0.339 e. The number of rotatable bonds is 5. The number of nitrogens with zero attached hydrogens (tertiary/aromatic N) is 1. The maximum absolute atomic E-state index is 12.1. The molecule has 22 heavy (non-hydrogen) atoms. The molecular weight excluding hydrogens is 310 g/mol. The number of nitro groups is 1. The fourth-order valence-corrected chi connectivity index (χ4v) is 2.67. The van der Waals surface area contributed by atoms with Crippen LogP contribution in [0.15, 0.2) is 47.4 Å². The predicted molar refractivity (Wildman–Crippen MR) is 78.6 cm³/mol. The molecule has 0 fully saturated rings. The van der Waals surface area contributed by atoms with Crippen molar-refractivity contribution in [2.75, 3.05) is 7.11 Å². The van der Waals surface area contributed by atoms with Crippen LogP contribution in [0.5, 0.6) is 11.5 Å². The summed E-state index contributed by atoms with van der Waals surface area (Å²) in [6.45, 7) is 1.82.